The van der Waals surface area contributed by atoms with Gasteiger partial charge < -0.3 is 4.90 Å². The molecule has 1 aromatic rings. The van der Waals surface area contributed by atoms with Gasteiger partial charge in [-0.3, -0.25) is 4.79 Å². The molecule has 1 atom stereocenters. The van der Waals surface area contributed by atoms with Gasteiger partial charge in [-0.15, -0.1) is 0 Å². The Morgan fingerprint density at radius 3 is 2.55 bits per heavy atom. The van der Waals surface area contributed by atoms with E-state index in [1.165, 1.54) is 5.56 Å². The smallest absolute Gasteiger partial charge is 0.238 e. The molecule has 1 amide bonds. The van der Waals surface area contributed by atoms with E-state index in [0.717, 1.165) is 25.7 Å². The molecule has 1 saturated heterocycles. The Morgan fingerprint density at radius 2 is 1.91 bits per heavy atom. The number of carbonyl (C=O) groups is 1. The summed E-state index contributed by atoms with van der Waals surface area (Å²) in [6, 6.07) is 10.2. The van der Waals surface area contributed by atoms with Crippen LogP contribution in [0, 0.1) is 0 Å². The first-order valence-electron chi connectivity index (χ1n) is 7.95. The van der Waals surface area contributed by atoms with Crippen molar-refractivity contribution in [3.63, 3.8) is 0 Å². The van der Waals surface area contributed by atoms with Gasteiger partial charge >= 0.3 is 0 Å². The molecule has 22 heavy (non-hydrogen) atoms. The van der Waals surface area contributed by atoms with E-state index in [1.807, 2.05) is 18.2 Å². The maximum absolute atomic E-state index is 12.5. The van der Waals surface area contributed by atoms with Crippen molar-refractivity contribution in [1.29, 1.82) is 0 Å². The molecule has 0 radical (unpaired) electrons. The van der Waals surface area contributed by atoms with Gasteiger partial charge in [-0.1, -0.05) is 30.3 Å². The molecular formula is C17H25NO3S. The number of rotatable bonds is 5. The number of nitrogens with zero attached hydrogens (tertiary/aromatic N) is 1. The molecule has 0 unspecified atom stereocenters. The summed E-state index contributed by atoms with van der Waals surface area (Å²) in [4.78, 5) is 14.3. The van der Waals surface area contributed by atoms with Crippen LogP contribution >= 0.6 is 0 Å². The van der Waals surface area contributed by atoms with E-state index in [4.69, 9.17) is 0 Å². The van der Waals surface area contributed by atoms with Crippen LogP contribution in [0.4, 0.5) is 0 Å². The highest BCUT2D eigenvalue weighted by atomic mass is 32.2. The summed E-state index contributed by atoms with van der Waals surface area (Å²) in [6.45, 7) is 3.92. The van der Waals surface area contributed by atoms with Crippen molar-refractivity contribution in [2.45, 2.75) is 50.8 Å². The van der Waals surface area contributed by atoms with Crippen molar-refractivity contribution in [1.82, 2.24) is 4.90 Å². The van der Waals surface area contributed by atoms with Gasteiger partial charge in [-0.2, -0.15) is 0 Å². The Morgan fingerprint density at radius 1 is 1.23 bits per heavy atom. The topological polar surface area (TPSA) is 54.5 Å². The van der Waals surface area contributed by atoms with Crippen LogP contribution in [0.3, 0.4) is 0 Å². The van der Waals surface area contributed by atoms with Gasteiger partial charge in [0.15, 0.2) is 9.84 Å². The van der Waals surface area contributed by atoms with Crippen LogP contribution in [-0.2, 0) is 21.1 Å². The largest absolute Gasteiger partial charge is 0.339 e. The van der Waals surface area contributed by atoms with E-state index in [-0.39, 0.29) is 17.7 Å². The average Bonchev–Trinajstić information content (AvgIpc) is 2.48. The molecule has 0 saturated carbocycles. The molecule has 0 aromatic heterocycles. The summed E-state index contributed by atoms with van der Waals surface area (Å²) in [5.41, 5.74) is 1.19. The maximum Gasteiger partial charge on any atom is 0.238 e. The minimum Gasteiger partial charge on any atom is -0.339 e. The van der Waals surface area contributed by atoms with Crippen LogP contribution < -0.4 is 0 Å². The van der Waals surface area contributed by atoms with E-state index in [0.29, 0.717) is 6.54 Å². The summed E-state index contributed by atoms with van der Waals surface area (Å²) >= 11 is 0. The summed E-state index contributed by atoms with van der Waals surface area (Å²) in [7, 11) is -3.33. The number of sulfone groups is 1. The molecule has 0 aliphatic carbocycles. The van der Waals surface area contributed by atoms with Crippen LogP contribution in [0.25, 0.3) is 0 Å². The van der Waals surface area contributed by atoms with Gasteiger partial charge in [-0.25, -0.2) is 8.42 Å². The highest BCUT2D eigenvalue weighted by Crippen LogP contribution is 2.21. The number of likely N-dealkylation sites (tertiary alicyclic amines) is 1. The fourth-order valence-electron chi connectivity index (χ4n) is 2.85. The first-order chi connectivity index (χ1) is 10.4. The third kappa shape index (κ3) is 4.32. The SMILES string of the molecule is CC(C)S(=O)(=O)CC(=O)N1CCCC[C@H]1Cc1ccccc1. The molecule has 0 bridgehead atoms. The van der Waals surface area contributed by atoms with Gasteiger partial charge in [0.25, 0.3) is 0 Å². The van der Waals surface area contributed by atoms with Crippen LogP contribution in [0.2, 0.25) is 0 Å². The van der Waals surface area contributed by atoms with Crippen LogP contribution in [-0.4, -0.2) is 42.8 Å². The van der Waals surface area contributed by atoms with E-state index in [9.17, 15) is 13.2 Å². The van der Waals surface area contributed by atoms with Crippen molar-refractivity contribution in [2.24, 2.45) is 0 Å². The summed E-state index contributed by atoms with van der Waals surface area (Å²) in [6.07, 6.45) is 3.80. The number of piperidine rings is 1. The fraction of sp³-hybridized carbons (Fsp3) is 0.588. The van der Waals surface area contributed by atoms with E-state index in [2.05, 4.69) is 12.1 Å². The van der Waals surface area contributed by atoms with Crippen molar-refractivity contribution in [2.75, 3.05) is 12.3 Å². The van der Waals surface area contributed by atoms with Gasteiger partial charge in [0.05, 0.1) is 5.25 Å². The average molecular weight is 323 g/mol. The molecule has 0 N–H and O–H groups in total. The lowest BCUT2D eigenvalue weighted by Gasteiger charge is -2.36. The Balaban J connectivity index is 2.08. The molecule has 1 fully saturated rings. The maximum atomic E-state index is 12.5. The Kier molecular flexibility index (Phi) is 5.62. The standard InChI is InChI=1S/C17H25NO3S/c1-14(2)22(20,21)13-17(19)18-11-7-6-10-16(18)12-15-8-4-3-5-9-15/h3-5,8-9,14,16H,6-7,10-13H2,1-2H3/t16-/m0/s1. The first kappa shape index (κ1) is 17.0. The summed E-state index contributed by atoms with van der Waals surface area (Å²) in [5, 5.41) is -0.506. The monoisotopic (exact) mass is 323 g/mol. The lowest BCUT2D eigenvalue weighted by molar-refractivity contribution is -0.132. The van der Waals surface area contributed by atoms with Crippen LogP contribution in [0.15, 0.2) is 30.3 Å². The van der Waals surface area contributed by atoms with E-state index >= 15 is 0 Å². The van der Waals surface area contributed by atoms with E-state index < -0.39 is 15.1 Å². The predicted octanol–water partition coefficient (Wildman–Crippen LogP) is 2.43. The minimum atomic E-state index is -3.33. The Bertz CT molecular complexity index is 596. The van der Waals surface area contributed by atoms with Gasteiger partial charge in [0, 0.05) is 12.6 Å². The number of hydrogen-bond donors (Lipinski definition) is 0. The molecule has 1 aliphatic rings. The van der Waals surface area contributed by atoms with Crippen molar-refractivity contribution in [3.05, 3.63) is 35.9 Å². The molecule has 4 nitrogen and oxygen atoms in total. The molecular weight excluding hydrogens is 298 g/mol. The Labute approximate surface area is 133 Å². The number of hydrogen-bond acceptors (Lipinski definition) is 3. The molecule has 1 heterocycles. The molecule has 0 spiro atoms. The minimum absolute atomic E-state index is 0.117. The second-order valence-electron chi connectivity index (χ2n) is 6.28. The highest BCUT2D eigenvalue weighted by Gasteiger charge is 2.30. The number of benzene rings is 1. The third-order valence-electron chi connectivity index (χ3n) is 4.30. The molecule has 122 valence electrons. The van der Waals surface area contributed by atoms with Gasteiger partial charge in [-0.05, 0) is 45.1 Å². The summed E-state index contributed by atoms with van der Waals surface area (Å²) in [5.74, 6) is -0.606. The quantitative estimate of drug-likeness (QED) is 0.836. The van der Waals surface area contributed by atoms with Crippen molar-refractivity contribution >= 4 is 15.7 Å². The zero-order chi connectivity index (χ0) is 16.2. The Hall–Kier alpha value is -1.36. The lowest BCUT2D eigenvalue weighted by Crippen LogP contribution is -2.47. The number of carbonyl (C=O) groups excluding carboxylic acids is 1. The van der Waals surface area contributed by atoms with E-state index in [1.54, 1.807) is 18.7 Å². The molecule has 2 rings (SSSR count). The second-order valence-corrected chi connectivity index (χ2v) is 8.84. The van der Waals surface area contributed by atoms with Gasteiger partial charge in [0.1, 0.15) is 5.75 Å². The normalized spacial score (nSPS) is 19.4. The predicted molar refractivity (Wildman–Crippen MR) is 88.4 cm³/mol. The highest BCUT2D eigenvalue weighted by molar-refractivity contribution is 7.92. The molecule has 1 aromatic carbocycles. The zero-order valence-corrected chi connectivity index (χ0v) is 14.2. The third-order valence-corrected chi connectivity index (χ3v) is 6.39. The first-order valence-corrected chi connectivity index (χ1v) is 9.66. The van der Waals surface area contributed by atoms with Crippen LogP contribution in [0.5, 0.6) is 0 Å². The van der Waals surface area contributed by atoms with Gasteiger partial charge in [0.2, 0.25) is 5.91 Å². The van der Waals surface area contributed by atoms with Crippen LogP contribution in [0.1, 0.15) is 38.7 Å². The van der Waals surface area contributed by atoms with Crippen molar-refractivity contribution < 1.29 is 13.2 Å². The summed E-state index contributed by atoms with van der Waals surface area (Å²) < 4.78 is 24.0. The number of amides is 1. The zero-order valence-electron chi connectivity index (χ0n) is 13.4. The molecule has 1 aliphatic heterocycles. The lowest BCUT2D eigenvalue weighted by atomic mass is 9.95. The fourth-order valence-corrected chi connectivity index (χ4v) is 3.69. The molecule has 5 heteroatoms. The second kappa shape index (κ2) is 7.27. The van der Waals surface area contributed by atoms with Crippen molar-refractivity contribution in [3.8, 4) is 0 Å².